The Labute approximate surface area is 174 Å². The molecule has 0 radical (unpaired) electrons. The summed E-state index contributed by atoms with van der Waals surface area (Å²) >= 11 is 5.98. The van der Waals surface area contributed by atoms with Crippen LogP contribution >= 0.6 is 11.6 Å². The van der Waals surface area contributed by atoms with Gasteiger partial charge in [0, 0.05) is 21.8 Å². The maximum atomic E-state index is 12.6. The van der Waals surface area contributed by atoms with E-state index in [2.05, 4.69) is 15.6 Å². The Balaban J connectivity index is 1.55. The fourth-order valence-electron chi connectivity index (χ4n) is 3.02. The van der Waals surface area contributed by atoms with Gasteiger partial charge in [0.25, 0.3) is 5.91 Å². The second-order valence-corrected chi connectivity index (χ2v) is 7.27. The molecule has 1 aromatic heterocycles. The van der Waals surface area contributed by atoms with Crippen molar-refractivity contribution < 1.29 is 4.79 Å². The average Bonchev–Trinajstić information content (AvgIpc) is 3.21. The number of carbonyl (C=O) groups is 1. The Morgan fingerprint density at radius 2 is 1.66 bits per heavy atom. The van der Waals surface area contributed by atoms with Crippen molar-refractivity contribution in [1.82, 2.24) is 15.0 Å². The van der Waals surface area contributed by atoms with E-state index >= 15 is 0 Å². The number of anilines is 1. The molecule has 0 saturated carbocycles. The maximum Gasteiger partial charge on any atom is 0.255 e. The first kappa shape index (κ1) is 18.9. The summed E-state index contributed by atoms with van der Waals surface area (Å²) in [6, 6.07) is 20.6. The predicted octanol–water partition coefficient (Wildman–Crippen LogP) is 5.46. The van der Waals surface area contributed by atoms with Crippen molar-refractivity contribution in [2.45, 2.75) is 13.8 Å². The van der Waals surface area contributed by atoms with Gasteiger partial charge in [-0.1, -0.05) is 35.0 Å². The van der Waals surface area contributed by atoms with Gasteiger partial charge in [-0.15, -0.1) is 5.10 Å². The minimum absolute atomic E-state index is 0.156. The van der Waals surface area contributed by atoms with Gasteiger partial charge in [-0.05, 0) is 73.5 Å². The van der Waals surface area contributed by atoms with Gasteiger partial charge in [0.1, 0.15) is 0 Å². The zero-order valence-corrected chi connectivity index (χ0v) is 16.8. The van der Waals surface area contributed by atoms with Crippen molar-refractivity contribution in [3.63, 3.8) is 0 Å². The molecule has 0 fully saturated rings. The number of nitrogens with one attached hydrogen (secondary N) is 1. The van der Waals surface area contributed by atoms with Gasteiger partial charge in [0.15, 0.2) is 0 Å². The Morgan fingerprint density at radius 3 is 2.34 bits per heavy atom. The van der Waals surface area contributed by atoms with Gasteiger partial charge in [-0.2, -0.15) is 0 Å². The van der Waals surface area contributed by atoms with Crippen LogP contribution in [0.15, 0.2) is 72.9 Å². The SMILES string of the molecule is Cc1ccc(NC(=O)c2ccc(-n3nncc3-c3ccc(Cl)cc3)cc2)cc1C. The maximum absolute atomic E-state index is 12.6. The highest BCUT2D eigenvalue weighted by molar-refractivity contribution is 6.30. The first-order valence-electron chi connectivity index (χ1n) is 9.17. The molecule has 144 valence electrons. The van der Waals surface area contributed by atoms with Crippen molar-refractivity contribution in [1.29, 1.82) is 0 Å². The Bertz CT molecular complexity index is 1160. The lowest BCUT2D eigenvalue weighted by Crippen LogP contribution is -2.12. The van der Waals surface area contributed by atoms with E-state index in [-0.39, 0.29) is 5.91 Å². The highest BCUT2D eigenvalue weighted by Gasteiger charge is 2.11. The predicted molar refractivity (Wildman–Crippen MR) is 116 cm³/mol. The number of amides is 1. The molecule has 0 atom stereocenters. The summed E-state index contributed by atoms with van der Waals surface area (Å²) in [5.41, 5.74) is 6.29. The molecule has 0 aliphatic carbocycles. The van der Waals surface area contributed by atoms with E-state index in [0.29, 0.717) is 10.6 Å². The molecule has 0 saturated heterocycles. The van der Waals surface area contributed by atoms with Gasteiger partial charge in [0.05, 0.1) is 17.6 Å². The molecule has 6 heteroatoms. The van der Waals surface area contributed by atoms with E-state index in [0.717, 1.165) is 28.2 Å². The van der Waals surface area contributed by atoms with Gasteiger partial charge >= 0.3 is 0 Å². The third-order valence-corrected chi connectivity index (χ3v) is 5.08. The third kappa shape index (κ3) is 4.05. The van der Waals surface area contributed by atoms with E-state index in [1.54, 1.807) is 23.0 Å². The van der Waals surface area contributed by atoms with Crippen LogP contribution in [0, 0.1) is 13.8 Å². The van der Waals surface area contributed by atoms with Crippen LogP contribution in [-0.4, -0.2) is 20.9 Å². The Morgan fingerprint density at radius 1 is 0.931 bits per heavy atom. The van der Waals surface area contributed by atoms with Gasteiger partial charge in [0.2, 0.25) is 0 Å². The summed E-state index contributed by atoms with van der Waals surface area (Å²) < 4.78 is 1.73. The number of hydrogen-bond donors (Lipinski definition) is 1. The van der Waals surface area contributed by atoms with Crippen molar-refractivity contribution >= 4 is 23.2 Å². The van der Waals surface area contributed by atoms with E-state index in [1.165, 1.54) is 5.56 Å². The van der Waals surface area contributed by atoms with Crippen molar-refractivity contribution in [2.75, 3.05) is 5.32 Å². The van der Waals surface area contributed by atoms with Crippen LogP contribution in [0.25, 0.3) is 16.9 Å². The van der Waals surface area contributed by atoms with Crippen LogP contribution in [0.5, 0.6) is 0 Å². The van der Waals surface area contributed by atoms with Crippen LogP contribution < -0.4 is 5.32 Å². The number of aryl methyl sites for hydroxylation is 2. The number of halogens is 1. The second kappa shape index (κ2) is 7.89. The van der Waals surface area contributed by atoms with Crippen LogP contribution in [-0.2, 0) is 0 Å². The van der Waals surface area contributed by atoms with Crippen molar-refractivity contribution in [3.8, 4) is 16.9 Å². The van der Waals surface area contributed by atoms with Crippen molar-refractivity contribution in [3.05, 3.63) is 94.6 Å². The Kier molecular flexibility index (Phi) is 5.14. The Hall–Kier alpha value is -3.44. The molecule has 0 spiro atoms. The molecule has 0 aliphatic heterocycles. The summed E-state index contributed by atoms with van der Waals surface area (Å²) in [5, 5.41) is 11.8. The molecular weight excluding hydrogens is 384 g/mol. The monoisotopic (exact) mass is 402 g/mol. The molecular formula is C23H19ClN4O. The summed E-state index contributed by atoms with van der Waals surface area (Å²) in [7, 11) is 0. The van der Waals surface area contributed by atoms with Gasteiger partial charge in [-0.3, -0.25) is 4.79 Å². The number of aromatic nitrogens is 3. The molecule has 1 heterocycles. The molecule has 3 aromatic carbocycles. The number of benzene rings is 3. The van der Waals surface area contributed by atoms with Crippen LogP contribution in [0.2, 0.25) is 5.02 Å². The van der Waals surface area contributed by atoms with E-state index in [4.69, 9.17) is 11.6 Å². The van der Waals surface area contributed by atoms with E-state index in [9.17, 15) is 4.79 Å². The molecule has 29 heavy (non-hydrogen) atoms. The minimum atomic E-state index is -0.156. The zero-order chi connectivity index (χ0) is 20.4. The van der Waals surface area contributed by atoms with Crippen LogP contribution in [0.1, 0.15) is 21.5 Å². The molecule has 0 bridgehead atoms. The second-order valence-electron chi connectivity index (χ2n) is 6.84. The summed E-state index contributed by atoms with van der Waals surface area (Å²) in [6.07, 6.45) is 1.70. The van der Waals surface area contributed by atoms with Crippen molar-refractivity contribution in [2.24, 2.45) is 0 Å². The average molecular weight is 403 g/mol. The van der Waals surface area contributed by atoms with E-state index < -0.39 is 0 Å². The lowest BCUT2D eigenvalue weighted by Gasteiger charge is -2.09. The number of rotatable bonds is 4. The minimum Gasteiger partial charge on any atom is -0.322 e. The lowest BCUT2D eigenvalue weighted by atomic mass is 10.1. The summed E-state index contributed by atoms with van der Waals surface area (Å²) in [4.78, 5) is 12.6. The first-order chi connectivity index (χ1) is 14.0. The third-order valence-electron chi connectivity index (χ3n) is 4.83. The highest BCUT2D eigenvalue weighted by Crippen LogP contribution is 2.23. The normalized spacial score (nSPS) is 10.7. The zero-order valence-electron chi connectivity index (χ0n) is 16.1. The molecule has 1 N–H and O–H groups in total. The first-order valence-corrected chi connectivity index (χ1v) is 9.55. The molecule has 0 unspecified atom stereocenters. The van der Waals surface area contributed by atoms with Crippen LogP contribution in [0.3, 0.4) is 0 Å². The number of nitrogens with zero attached hydrogens (tertiary/aromatic N) is 3. The summed E-state index contributed by atoms with van der Waals surface area (Å²) in [5.74, 6) is -0.156. The van der Waals surface area contributed by atoms with E-state index in [1.807, 2.05) is 68.4 Å². The molecule has 0 aliphatic rings. The molecule has 5 nitrogen and oxygen atoms in total. The number of carbonyl (C=O) groups excluding carboxylic acids is 1. The van der Waals surface area contributed by atoms with Gasteiger partial charge < -0.3 is 5.32 Å². The largest absolute Gasteiger partial charge is 0.322 e. The molecule has 4 aromatic rings. The fourth-order valence-corrected chi connectivity index (χ4v) is 3.15. The van der Waals surface area contributed by atoms with Crippen LogP contribution in [0.4, 0.5) is 5.69 Å². The highest BCUT2D eigenvalue weighted by atomic mass is 35.5. The fraction of sp³-hybridized carbons (Fsp3) is 0.0870. The topological polar surface area (TPSA) is 59.8 Å². The quantitative estimate of drug-likeness (QED) is 0.493. The standard InChI is InChI=1S/C23H19ClN4O/c1-15-3-10-20(13-16(15)2)26-23(29)18-6-11-21(12-7-18)28-22(14-25-27-28)17-4-8-19(24)9-5-17/h3-14H,1-2H3,(H,26,29). The smallest absolute Gasteiger partial charge is 0.255 e. The lowest BCUT2D eigenvalue weighted by molar-refractivity contribution is 0.102. The summed E-state index contributed by atoms with van der Waals surface area (Å²) in [6.45, 7) is 4.07. The number of hydrogen-bond acceptors (Lipinski definition) is 3. The molecule has 4 rings (SSSR count). The molecule has 1 amide bonds. The van der Waals surface area contributed by atoms with Gasteiger partial charge in [-0.25, -0.2) is 4.68 Å².